The van der Waals surface area contributed by atoms with Crippen LogP contribution in [0.3, 0.4) is 0 Å². The zero-order valence-corrected chi connectivity index (χ0v) is 9.82. The van der Waals surface area contributed by atoms with Gasteiger partial charge in [0.25, 0.3) is 0 Å². The van der Waals surface area contributed by atoms with Crippen molar-refractivity contribution in [3.63, 3.8) is 0 Å². The first-order valence-corrected chi connectivity index (χ1v) is 5.50. The van der Waals surface area contributed by atoms with Crippen LogP contribution in [0.2, 0.25) is 0 Å². The van der Waals surface area contributed by atoms with Gasteiger partial charge in [0.1, 0.15) is 5.82 Å². The van der Waals surface area contributed by atoms with Crippen molar-refractivity contribution in [3.8, 4) is 0 Å². The number of hydrogen-bond donors (Lipinski definition) is 2. The van der Waals surface area contributed by atoms with Gasteiger partial charge in [-0.25, -0.2) is 8.78 Å². The molecule has 0 aliphatic carbocycles. The van der Waals surface area contributed by atoms with Gasteiger partial charge in [-0.15, -0.1) is 0 Å². The maximum atomic E-state index is 13.3. The van der Waals surface area contributed by atoms with Crippen LogP contribution in [0.25, 0.3) is 0 Å². The van der Waals surface area contributed by atoms with E-state index < -0.39 is 11.6 Å². The van der Waals surface area contributed by atoms with E-state index in [0.717, 1.165) is 17.8 Å². The number of pyridine rings is 1. The molecule has 1 aromatic carbocycles. The molecule has 0 aliphatic heterocycles. The smallest absolute Gasteiger partial charge is 0.151 e. The number of nitrogens with zero attached hydrogens (tertiary/aromatic N) is 1. The van der Waals surface area contributed by atoms with E-state index in [0.29, 0.717) is 0 Å². The first-order chi connectivity index (χ1) is 8.58. The lowest BCUT2D eigenvalue weighted by Crippen LogP contribution is -2.10. The van der Waals surface area contributed by atoms with Crippen molar-refractivity contribution in [2.75, 3.05) is 11.1 Å². The highest BCUT2D eigenvalue weighted by molar-refractivity contribution is 5.67. The number of halogens is 2. The lowest BCUT2D eigenvalue weighted by molar-refractivity contribution is 0.586. The van der Waals surface area contributed by atoms with Gasteiger partial charge in [0, 0.05) is 12.3 Å². The molecule has 1 aromatic heterocycles. The van der Waals surface area contributed by atoms with Gasteiger partial charge in [-0.05, 0) is 25.1 Å². The standard InChI is InChI=1S/C13H13F2N3/c1-8(11-4-2-3-5-17-11)18-12-7-9(14)6-10(15)13(12)16/h2-8,18H,16H2,1H3. The van der Waals surface area contributed by atoms with Crippen LogP contribution in [-0.2, 0) is 0 Å². The molecule has 0 saturated carbocycles. The predicted molar refractivity (Wildman–Crippen MR) is 67.0 cm³/mol. The molecular weight excluding hydrogens is 236 g/mol. The summed E-state index contributed by atoms with van der Waals surface area (Å²) in [5.74, 6) is -1.44. The number of nitrogens with two attached hydrogens (primary N) is 1. The molecule has 18 heavy (non-hydrogen) atoms. The van der Waals surface area contributed by atoms with E-state index in [9.17, 15) is 8.78 Å². The second kappa shape index (κ2) is 5.00. The van der Waals surface area contributed by atoms with Crippen molar-refractivity contribution < 1.29 is 8.78 Å². The molecule has 0 aliphatic rings. The van der Waals surface area contributed by atoms with Gasteiger partial charge in [-0.1, -0.05) is 6.07 Å². The minimum absolute atomic E-state index is 0.0980. The molecule has 1 unspecified atom stereocenters. The number of nitrogen functional groups attached to an aromatic ring is 1. The Morgan fingerprint density at radius 3 is 2.72 bits per heavy atom. The Morgan fingerprint density at radius 1 is 1.28 bits per heavy atom. The average Bonchev–Trinajstić information content (AvgIpc) is 2.36. The van der Waals surface area contributed by atoms with Crippen molar-refractivity contribution in [2.45, 2.75) is 13.0 Å². The second-order valence-electron chi connectivity index (χ2n) is 3.97. The van der Waals surface area contributed by atoms with Crippen molar-refractivity contribution >= 4 is 11.4 Å². The fraction of sp³-hybridized carbons (Fsp3) is 0.154. The Labute approximate surface area is 104 Å². The largest absolute Gasteiger partial charge is 0.395 e. The maximum absolute atomic E-state index is 13.3. The van der Waals surface area contributed by atoms with Crippen molar-refractivity contribution in [2.24, 2.45) is 0 Å². The van der Waals surface area contributed by atoms with Gasteiger partial charge in [0.05, 0.1) is 23.1 Å². The molecule has 0 fully saturated rings. The number of anilines is 2. The lowest BCUT2D eigenvalue weighted by atomic mass is 10.2. The van der Waals surface area contributed by atoms with Gasteiger partial charge in [-0.3, -0.25) is 4.98 Å². The number of benzene rings is 1. The molecule has 3 N–H and O–H groups in total. The number of rotatable bonds is 3. The summed E-state index contributed by atoms with van der Waals surface area (Å²) in [5, 5.41) is 2.94. The highest BCUT2D eigenvalue weighted by atomic mass is 19.1. The molecule has 2 aromatic rings. The molecule has 0 spiro atoms. The van der Waals surface area contributed by atoms with E-state index in [4.69, 9.17) is 5.73 Å². The molecule has 94 valence electrons. The highest BCUT2D eigenvalue weighted by Gasteiger charge is 2.12. The molecular formula is C13H13F2N3. The summed E-state index contributed by atoms with van der Waals surface area (Å²) >= 11 is 0. The van der Waals surface area contributed by atoms with E-state index in [1.807, 2.05) is 19.1 Å². The molecule has 1 atom stereocenters. The topological polar surface area (TPSA) is 50.9 Å². The van der Waals surface area contributed by atoms with Crippen LogP contribution in [-0.4, -0.2) is 4.98 Å². The Bertz CT molecular complexity index is 543. The Morgan fingerprint density at radius 2 is 2.06 bits per heavy atom. The SMILES string of the molecule is CC(Nc1cc(F)cc(F)c1N)c1ccccn1. The van der Waals surface area contributed by atoms with Crippen LogP contribution in [0.4, 0.5) is 20.2 Å². The third kappa shape index (κ3) is 2.56. The van der Waals surface area contributed by atoms with Gasteiger partial charge in [0.2, 0.25) is 0 Å². The summed E-state index contributed by atoms with van der Waals surface area (Å²) in [4.78, 5) is 4.16. The van der Waals surface area contributed by atoms with Gasteiger partial charge >= 0.3 is 0 Å². The fourth-order valence-electron chi connectivity index (χ4n) is 1.64. The maximum Gasteiger partial charge on any atom is 0.151 e. The van der Waals surface area contributed by atoms with Crippen molar-refractivity contribution in [1.82, 2.24) is 4.98 Å². The van der Waals surface area contributed by atoms with Gasteiger partial charge < -0.3 is 11.1 Å². The predicted octanol–water partition coefficient (Wildman–Crippen LogP) is 3.12. The van der Waals surface area contributed by atoms with Crippen molar-refractivity contribution in [1.29, 1.82) is 0 Å². The molecule has 2 rings (SSSR count). The van der Waals surface area contributed by atoms with Crippen LogP contribution in [0.15, 0.2) is 36.5 Å². The minimum Gasteiger partial charge on any atom is -0.395 e. The summed E-state index contributed by atoms with van der Waals surface area (Å²) in [6.45, 7) is 1.84. The quantitative estimate of drug-likeness (QED) is 0.822. The van der Waals surface area contributed by atoms with Gasteiger partial charge in [-0.2, -0.15) is 0 Å². The van der Waals surface area contributed by atoms with Crippen molar-refractivity contribution in [3.05, 3.63) is 53.9 Å². The molecule has 0 radical (unpaired) electrons. The molecule has 5 heteroatoms. The van der Waals surface area contributed by atoms with E-state index >= 15 is 0 Å². The summed E-state index contributed by atoms with van der Waals surface area (Å²) in [6.07, 6.45) is 1.66. The molecule has 3 nitrogen and oxygen atoms in total. The normalized spacial score (nSPS) is 12.2. The lowest BCUT2D eigenvalue weighted by Gasteiger charge is -2.16. The highest BCUT2D eigenvalue weighted by Crippen LogP contribution is 2.26. The zero-order valence-electron chi connectivity index (χ0n) is 9.82. The third-order valence-electron chi connectivity index (χ3n) is 2.60. The summed E-state index contributed by atoms with van der Waals surface area (Å²) in [7, 11) is 0. The fourth-order valence-corrected chi connectivity index (χ4v) is 1.64. The van der Waals surface area contributed by atoms with Crippen LogP contribution in [0.1, 0.15) is 18.7 Å². The number of aromatic nitrogens is 1. The Hall–Kier alpha value is -2.17. The molecule has 0 bridgehead atoms. The monoisotopic (exact) mass is 249 g/mol. The van der Waals surface area contributed by atoms with Crippen LogP contribution < -0.4 is 11.1 Å². The summed E-state index contributed by atoms with van der Waals surface area (Å²) < 4.78 is 26.4. The first-order valence-electron chi connectivity index (χ1n) is 5.50. The van der Waals surface area contributed by atoms with Crippen LogP contribution >= 0.6 is 0 Å². The van der Waals surface area contributed by atoms with E-state index in [1.165, 1.54) is 0 Å². The van der Waals surface area contributed by atoms with E-state index in [1.54, 1.807) is 12.3 Å². The van der Waals surface area contributed by atoms with Crippen LogP contribution in [0, 0.1) is 11.6 Å². The Balaban J connectivity index is 2.24. The first kappa shape index (κ1) is 12.3. The van der Waals surface area contributed by atoms with Gasteiger partial charge in [0.15, 0.2) is 5.82 Å². The molecule has 1 heterocycles. The molecule has 0 saturated heterocycles. The van der Waals surface area contributed by atoms with Crippen LogP contribution in [0.5, 0.6) is 0 Å². The minimum atomic E-state index is -0.772. The summed E-state index contributed by atoms with van der Waals surface area (Å²) in [6, 6.07) is 7.19. The second-order valence-corrected chi connectivity index (χ2v) is 3.97. The number of nitrogens with one attached hydrogen (secondary N) is 1. The van der Waals surface area contributed by atoms with E-state index in [2.05, 4.69) is 10.3 Å². The molecule has 0 amide bonds. The average molecular weight is 249 g/mol. The van der Waals surface area contributed by atoms with E-state index in [-0.39, 0.29) is 17.4 Å². The zero-order chi connectivity index (χ0) is 13.1. The Kier molecular flexibility index (Phi) is 3.41. The third-order valence-corrected chi connectivity index (χ3v) is 2.60. The number of hydrogen-bond acceptors (Lipinski definition) is 3. The summed E-state index contributed by atoms with van der Waals surface area (Å²) in [5.41, 5.74) is 6.45.